The summed E-state index contributed by atoms with van der Waals surface area (Å²) in [6.45, 7) is 4.38. The Kier molecular flexibility index (Phi) is 6.96. The van der Waals surface area contributed by atoms with Gasteiger partial charge in [0.05, 0.1) is 16.8 Å². The quantitative estimate of drug-likeness (QED) is 0.297. The van der Waals surface area contributed by atoms with E-state index in [1.165, 1.54) is 12.1 Å². The van der Waals surface area contributed by atoms with E-state index in [0.29, 0.717) is 18.6 Å². The van der Waals surface area contributed by atoms with E-state index in [1.54, 1.807) is 12.3 Å². The third-order valence-corrected chi connectivity index (χ3v) is 6.06. The fourth-order valence-corrected chi connectivity index (χ4v) is 4.18. The van der Waals surface area contributed by atoms with Gasteiger partial charge < -0.3 is 14.9 Å². The SMILES string of the molecule is CCc1cccc(Cc2ccc(C(=O)O)cc2C(=O)O)c1COc1ccc(-c2cc[nH]n2)cc1C. The highest BCUT2D eigenvalue weighted by Crippen LogP contribution is 2.28. The molecule has 0 radical (unpaired) electrons. The summed E-state index contributed by atoms with van der Waals surface area (Å²) in [5.41, 5.74) is 6.40. The van der Waals surface area contributed by atoms with Crippen LogP contribution in [0.4, 0.5) is 0 Å². The molecule has 0 amide bonds. The molecule has 0 atom stereocenters. The van der Waals surface area contributed by atoms with E-state index in [0.717, 1.165) is 45.7 Å². The summed E-state index contributed by atoms with van der Waals surface area (Å²) in [6.07, 6.45) is 2.93. The molecule has 0 unspecified atom stereocenters. The number of nitrogens with zero attached hydrogens (tertiary/aromatic N) is 1. The Morgan fingerprint density at radius 3 is 2.40 bits per heavy atom. The molecular formula is C28H26N2O5. The lowest BCUT2D eigenvalue weighted by atomic mass is 9.92. The topological polar surface area (TPSA) is 113 Å². The first-order valence-electron chi connectivity index (χ1n) is 11.3. The molecule has 178 valence electrons. The van der Waals surface area contributed by atoms with E-state index in [2.05, 4.69) is 17.1 Å². The van der Waals surface area contributed by atoms with E-state index in [-0.39, 0.29) is 11.1 Å². The summed E-state index contributed by atoms with van der Waals surface area (Å²) in [5, 5.41) is 25.9. The Morgan fingerprint density at radius 1 is 0.943 bits per heavy atom. The molecule has 3 N–H and O–H groups in total. The zero-order valence-corrected chi connectivity index (χ0v) is 19.5. The van der Waals surface area contributed by atoms with Crippen LogP contribution < -0.4 is 4.74 Å². The highest BCUT2D eigenvalue weighted by Gasteiger charge is 2.17. The molecule has 4 rings (SSSR count). The third kappa shape index (κ3) is 5.24. The predicted molar refractivity (Wildman–Crippen MR) is 132 cm³/mol. The van der Waals surface area contributed by atoms with Crippen molar-refractivity contribution in [1.29, 1.82) is 0 Å². The first kappa shape index (κ1) is 23.8. The minimum Gasteiger partial charge on any atom is -0.489 e. The van der Waals surface area contributed by atoms with Gasteiger partial charge in [0, 0.05) is 11.8 Å². The molecular weight excluding hydrogens is 444 g/mol. The molecule has 1 aromatic heterocycles. The molecule has 7 nitrogen and oxygen atoms in total. The molecule has 0 fully saturated rings. The molecule has 0 aliphatic carbocycles. The van der Waals surface area contributed by atoms with E-state index < -0.39 is 11.9 Å². The van der Waals surface area contributed by atoms with Crippen molar-refractivity contribution >= 4 is 11.9 Å². The van der Waals surface area contributed by atoms with Crippen molar-refractivity contribution in [1.82, 2.24) is 10.2 Å². The molecule has 4 aromatic rings. The smallest absolute Gasteiger partial charge is 0.336 e. The summed E-state index contributed by atoms with van der Waals surface area (Å²) >= 11 is 0. The van der Waals surface area contributed by atoms with Crippen LogP contribution in [0.5, 0.6) is 5.75 Å². The Labute approximate surface area is 203 Å². The Hall–Kier alpha value is -4.39. The standard InChI is InChI=1S/C28H26N2O5/c1-3-18-5-4-6-19(14-20-7-8-22(27(31)32)15-23(20)28(33)34)24(18)16-35-26-10-9-21(13-17(26)2)25-11-12-29-30-25/h4-13,15H,3,14,16H2,1-2H3,(H,29,30)(H,31,32)(H,33,34). The molecule has 35 heavy (non-hydrogen) atoms. The summed E-state index contributed by atoms with van der Waals surface area (Å²) in [4.78, 5) is 23.1. The van der Waals surface area contributed by atoms with E-state index in [1.807, 2.05) is 49.4 Å². The maximum atomic E-state index is 11.8. The number of aromatic amines is 1. The zero-order chi connectivity index (χ0) is 24.9. The van der Waals surface area contributed by atoms with Gasteiger partial charge in [-0.25, -0.2) is 9.59 Å². The van der Waals surface area contributed by atoms with Gasteiger partial charge >= 0.3 is 11.9 Å². The lowest BCUT2D eigenvalue weighted by molar-refractivity contribution is 0.0695. The van der Waals surface area contributed by atoms with Crippen LogP contribution in [0.3, 0.4) is 0 Å². The second-order valence-electron chi connectivity index (χ2n) is 8.30. The fraction of sp³-hybridized carbons (Fsp3) is 0.179. The Bertz CT molecular complexity index is 1380. The van der Waals surface area contributed by atoms with Gasteiger partial charge in [-0.3, -0.25) is 5.10 Å². The fourth-order valence-electron chi connectivity index (χ4n) is 4.18. The first-order valence-corrected chi connectivity index (χ1v) is 11.3. The van der Waals surface area contributed by atoms with Gasteiger partial charge in [-0.2, -0.15) is 5.10 Å². The molecule has 1 heterocycles. The number of carboxylic acid groups (broad SMARTS) is 2. The summed E-state index contributed by atoms with van der Waals surface area (Å²) in [5.74, 6) is -1.55. The van der Waals surface area contributed by atoms with Crippen LogP contribution in [0, 0.1) is 6.92 Å². The minimum absolute atomic E-state index is 0.0107. The highest BCUT2D eigenvalue weighted by molar-refractivity contribution is 5.95. The van der Waals surface area contributed by atoms with Crippen LogP contribution in [0.25, 0.3) is 11.3 Å². The average Bonchev–Trinajstić information content (AvgIpc) is 3.38. The van der Waals surface area contributed by atoms with Crippen LogP contribution >= 0.6 is 0 Å². The van der Waals surface area contributed by atoms with Crippen molar-refractivity contribution in [2.45, 2.75) is 33.3 Å². The molecule has 3 aromatic carbocycles. The second kappa shape index (κ2) is 10.3. The minimum atomic E-state index is -1.16. The van der Waals surface area contributed by atoms with Gasteiger partial charge in [0.1, 0.15) is 12.4 Å². The number of aryl methyl sites for hydroxylation is 2. The van der Waals surface area contributed by atoms with Crippen LogP contribution in [0.15, 0.2) is 66.9 Å². The van der Waals surface area contributed by atoms with Crippen LogP contribution in [-0.4, -0.2) is 32.3 Å². The molecule has 0 spiro atoms. The molecule has 0 saturated carbocycles. The van der Waals surface area contributed by atoms with Gasteiger partial charge in [-0.15, -0.1) is 0 Å². The summed E-state index contributed by atoms with van der Waals surface area (Å²) in [6, 6.07) is 18.0. The number of H-pyrrole nitrogens is 1. The van der Waals surface area contributed by atoms with Gasteiger partial charge in [0.2, 0.25) is 0 Å². The third-order valence-electron chi connectivity index (χ3n) is 6.06. The number of benzene rings is 3. The lowest BCUT2D eigenvalue weighted by Crippen LogP contribution is -2.09. The number of carbonyl (C=O) groups is 2. The Morgan fingerprint density at radius 2 is 1.74 bits per heavy atom. The number of ether oxygens (including phenoxy) is 1. The Balaban J connectivity index is 1.62. The van der Waals surface area contributed by atoms with Crippen molar-refractivity contribution in [2.24, 2.45) is 0 Å². The van der Waals surface area contributed by atoms with E-state index >= 15 is 0 Å². The summed E-state index contributed by atoms with van der Waals surface area (Å²) < 4.78 is 6.22. The van der Waals surface area contributed by atoms with Crippen LogP contribution in [0.2, 0.25) is 0 Å². The van der Waals surface area contributed by atoms with E-state index in [9.17, 15) is 19.8 Å². The van der Waals surface area contributed by atoms with Crippen LogP contribution in [0.1, 0.15) is 55.5 Å². The zero-order valence-electron chi connectivity index (χ0n) is 19.5. The second-order valence-corrected chi connectivity index (χ2v) is 8.30. The van der Waals surface area contributed by atoms with Gasteiger partial charge in [0.15, 0.2) is 0 Å². The van der Waals surface area contributed by atoms with Gasteiger partial charge in [-0.1, -0.05) is 31.2 Å². The maximum absolute atomic E-state index is 11.8. The van der Waals surface area contributed by atoms with Crippen molar-refractivity contribution in [3.8, 4) is 17.0 Å². The largest absolute Gasteiger partial charge is 0.489 e. The molecule has 0 aliphatic rings. The lowest BCUT2D eigenvalue weighted by Gasteiger charge is -2.17. The molecule has 0 bridgehead atoms. The summed E-state index contributed by atoms with van der Waals surface area (Å²) in [7, 11) is 0. The number of carboxylic acids is 2. The monoisotopic (exact) mass is 470 g/mol. The number of nitrogens with one attached hydrogen (secondary N) is 1. The van der Waals surface area contributed by atoms with Gasteiger partial charge in [-0.05, 0) is 84.0 Å². The predicted octanol–water partition coefficient (Wildman–Crippen LogP) is 5.51. The van der Waals surface area contributed by atoms with Crippen molar-refractivity contribution < 1.29 is 24.5 Å². The molecule has 7 heteroatoms. The number of rotatable bonds is 9. The average molecular weight is 471 g/mol. The highest BCUT2D eigenvalue weighted by atomic mass is 16.5. The van der Waals surface area contributed by atoms with Crippen LogP contribution in [-0.2, 0) is 19.4 Å². The number of aromatic carboxylic acids is 2. The molecule has 0 aliphatic heterocycles. The maximum Gasteiger partial charge on any atom is 0.336 e. The normalized spacial score (nSPS) is 10.8. The van der Waals surface area contributed by atoms with Crippen molar-refractivity contribution in [2.75, 3.05) is 0 Å². The molecule has 0 saturated heterocycles. The van der Waals surface area contributed by atoms with Gasteiger partial charge in [0.25, 0.3) is 0 Å². The first-order chi connectivity index (χ1) is 16.9. The number of hydrogen-bond donors (Lipinski definition) is 3. The van der Waals surface area contributed by atoms with Crippen molar-refractivity contribution in [3.63, 3.8) is 0 Å². The van der Waals surface area contributed by atoms with Crippen molar-refractivity contribution in [3.05, 3.63) is 106 Å². The van der Waals surface area contributed by atoms with E-state index in [4.69, 9.17) is 4.74 Å². The number of aromatic nitrogens is 2. The number of hydrogen-bond acceptors (Lipinski definition) is 4.